The van der Waals surface area contributed by atoms with Gasteiger partial charge in [-0.2, -0.15) is 0 Å². The quantitative estimate of drug-likeness (QED) is 0.637. The lowest BCUT2D eigenvalue weighted by molar-refractivity contribution is -0.122. The number of ether oxygens (including phenoxy) is 1. The number of amides is 1. The maximum absolute atomic E-state index is 13.3. The van der Waals surface area contributed by atoms with Gasteiger partial charge in [0.05, 0.1) is 18.1 Å². The molecule has 3 rings (SSSR count). The molecule has 2 N–H and O–H groups in total. The fourth-order valence-corrected chi connectivity index (χ4v) is 5.27. The second kappa shape index (κ2) is 10.1. The number of nitrogens with zero attached hydrogens (tertiary/aromatic N) is 1. The van der Waals surface area contributed by atoms with Gasteiger partial charge in [0, 0.05) is 38.1 Å². The predicted molar refractivity (Wildman–Crippen MR) is 107 cm³/mol. The van der Waals surface area contributed by atoms with Gasteiger partial charge in [-0.25, -0.2) is 21.9 Å². The first kappa shape index (κ1) is 23.1. The normalized spacial score (nSPS) is 20.1. The second-order valence-electron chi connectivity index (χ2n) is 7.88. The van der Waals surface area contributed by atoms with E-state index in [1.54, 1.807) is 0 Å². The van der Waals surface area contributed by atoms with Crippen LogP contribution in [0.5, 0.6) is 0 Å². The van der Waals surface area contributed by atoms with Crippen LogP contribution in [0.3, 0.4) is 0 Å². The Morgan fingerprint density at radius 3 is 2.47 bits per heavy atom. The molecule has 0 bridgehead atoms. The van der Waals surface area contributed by atoms with Crippen molar-refractivity contribution in [2.24, 2.45) is 0 Å². The van der Waals surface area contributed by atoms with Crippen molar-refractivity contribution < 1.29 is 26.7 Å². The summed E-state index contributed by atoms with van der Waals surface area (Å²) in [6, 6.07) is 2.36. The van der Waals surface area contributed by atoms with Gasteiger partial charge in [0.1, 0.15) is 0 Å². The van der Waals surface area contributed by atoms with Gasteiger partial charge in [-0.3, -0.25) is 9.69 Å². The summed E-state index contributed by atoms with van der Waals surface area (Å²) < 4.78 is 58.4. The van der Waals surface area contributed by atoms with Crippen molar-refractivity contribution in [2.75, 3.05) is 39.4 Å². The third-order valence-electron chi connectivity index (χ3n) is 5.93. The molecule has 7 nitrogen and oxygen atoms in total. The summed E-state index contributed by atoms with van der Waals surface area (Å²) in [4.78, 5) is 14.4. The lowest BCUT2D eigenvalue weighted by atomic mass is 9.79. The first-order valence-electron chi connectivity index (χ1n) is 10.4. The van der Waals surface area contributed by atoms with E-state index < -0.39 is 21.7 Å². The van der Waals surface area contributed by atoms with Crippen molar-refractivity contribution in [2.45, 2.75) is 49.0 Å². The fourth-order valence-electron chi connectivity index (χ4n) is 4.23. The lowest BCUT2D eigenvalue weighted by Crippen LogP contribution is -2.59. The van der Waals surface area contributed by atoms with Gasteiger partial charge in [0.25, 0.3) is 0 Å². The largest absolute Gasteiger partial charge is 0.379 e. The number of carbonyl (C=O) groups excluding carboxylic acids is 1. The minimum Gasteiger partial charge on any atom is -0.379 e. The van der Waals surface area contributed by atoms with Crippen molar-refractivity contribution in [1.29, 1.82) is 0 Å². The van der Waals surface area contributed by atoms with Crippen LogP contribution >= 0.6 is 0 Å². The van der Waals surface area contributed by atoms with Crippen LogP contribution in [0, 0.1) is 11.6 Å². The second-order valence-corrected chi connectivity index (χ2v) is 9.65. The van der Waals surface area contributed by atoms with E-state index >= 15 is 0 Å². The molecule has 0 atom stereocenters. The number of morpholine rings is 1. The summed E-state index contributed by atoms with van der Waals surface area (Å²) in [6.45, 7) is 3.50. The molecule has 0 unspecified atom stereocenters. The van der Waals surface area contributed by atoms with Gasteiger partial charge in [0.15, 0.2) is 11.6 Å². The SMILES string of the molecule is O=C(CCNS(=O)(=O)c1ccc(F)c(F)c1)NCC1(N2CCOCC2)CCCCC1. The Morgan fingerprint density at radius 1 is 1.10 bits per heavy atom. The number of benzene rings is 1. The molecule has 1 aliphatic carbocycles. The molecule has 30 heavy (non-hydrogen) atoms. The number of hydrogen-bond acceptors (Lipinski definition) is 5. The van der Waals surface area contributed by atoms with Gasteiger partial charge in [-0.05, 0) is 31.0 Å². The molecule has 1 aliphatic heterocycles. The van der Waals surface area contributed by atoms with Gasteiger partial charge in [-0.15, -0.1) is 0 Å². The van der Waals surface area contributed by atoms with Crippen LogP contribution in [0.25, 0.3) is 0 Å². The Morgan fingerprint density at radius 2 is 1.80 bits per heavy atom. The molecular formula is C20H29F2N3O4S. The Labute approximate surface area is 176 Å². The average Bonchev–Trinajstić information content (AvgIpc) is 2.75. The molecule has 0 aromatic heterocycles. The molecule has 2 aliphatic rings. The molecule has 1 aromatic carbocycles. The predicted octanol–water partition coefficient (Wildman–Crippen LogP) is 1.78. The van der Waals surface area contributed by atoms with Crippen LogP contribution in [-0.2, 0) is 19.6 Å². The first-order valence-corrected chi connectivity index (χ1v) is 11.8. The van der Waals surface area contributed by atoms with E-state index in [0.29, 0.717) is 25.8 Å². The van der Waals surface area contributed by atoms with Gasteiger partial charge >= 0.3 is 0 Å². The summed E-state index contributed by atoms with van der Waals surface area (Å²) in [5.41, 5.74) is -0.0666. The van der Waals surface area contributed by atoms with Crippen LogP contribution in [0.2, 0.25) is 0 Å². The van der Waals surface area contributed by atoms with E-state index in [2.05, 4.69) is 14.9 Å². The van der Waals surface area contributed by atoms with Crippen LogP contribution in [0.15, 0.2) is 23.1 Å². The van der Waals surface area contributed by atoms with Gasteiger partial charge < -0.3 is 10.1 Å². The maximum Gasteiger partial charge on any atom is 0.240 e. The minimum absolute atomic E-state index is 0.0396. The Balaban J connectivity index is 1.50. The molecule has 1 saturated heterocycles. The lowest BCUT2D eigenvalue weighted by Gasteiger charge is -2.48. The zero-order chi connectivity index (χ0) is 21.6. The van der Waals surface area contributed by atoms with E-state index in [-0.39, 0.29) is 29.3 Å². The zero-order valence-electron chi connectivity index (χ0n) is 17.0. The van der Waals surface area contributed by atoms with Crippen molar-refractivity contribution >= 4 is 15.9 Å². The van der Waals surface area contributed by atoms with Crippen molar-refractivity contribution in [1.82, 2.24) is 14.9 Å². The fraction of sp³-hybridized carbons (Fsp3) is 0.650. The van der Waals surface area contributed by atoms with Crippen LogP contribution in [0.4, 0.5) is 8.78 Å². The molecule has 1 aromatic rings. The molecule has 2 fully saturated rings. The third-order valence-corrected chi connectivity index (χ3v) is 7.38. The molecule has 168 valence electrons. The summed E-state index contributed by atoms with van der Waals surface area (Å²) in [7, 11) is -4.02. The summed E-state index contributed by atoms with van der Waals surface area (Å²) in [5, 5.41) is 2.97. The van der Waals surface area contributed by atoms with Crippen LogP contribution < -0.4 is 10.0 Å². The highest BCUT2D eigenvalue weighted by atomic mass is 32.2. The van der Waals surface area contributed by atoms with E-state index in [4.69, 9.17) is 4.74 Å². The first-order chi connectivity index (χ1) is 14.3. The number of sulfonamides is 1. The van der Waals surface area contributed by atoms with E-state index in [9.17, 15) is 22.0 Å². The third kappa shape index (κ3) is 5.75. The Hall–Kier alpha value is -1.62. The summed E-state index contributed by atoms with van der Waals surface area (Å²) in [6.07, 6.45) is 5.46. The van der Waals surface area contributed by atoms with Crippen molar-refractivity contribution in [3.8, 4) is 0 Å². The monoisotopic (exact) mass is 445 g/mol. The van der Waals surface area contributed by atoms with Crippen molar-refractivity contribution in [3.05, 3.63) is 29.8 Å². The molecule has 0 radical (unpaired) electrons. The highest BCUT2D eigenvalue weighted by Crippen LogP contribution is 2.33. The number of rotatable bonds is 8. The van der Waals surface area contributed by atoms with E-state index in [0.717, 1.165) is 50.9 Å². The minimum atomic E-state index is -4.02. The number of nitrogens with one attached hydrogen (secondary N) is 2. The molecule has 0 spiro atoms. The Kier molecular flexibility index (Phi) is 7.78. The average molecular weight is 446 g/mol. The van der Waals surface area contributed by atoms with Crippen molar-refractivity contribution in [3.63, 3.8) is 0 Å². The molecule has 1 saturated carbocycles. The van der Waals surface area contributed by atoms with E-state index in [1.807, 2.05) is 0 Å². The smallest absolute Gasteiger partial charge is 0.240 e. The maximum atomic E-state index is 13.3. The van der Waals surface area contributed by atoms with Gasteiger partial charge in [-0.1, -0.05) is 19.3 Å². The highest BCUT2D eigenvalue weighted by molar-refractivity contribution is 7.89. The summed E-state index contributed by atoms with van der Waals surface area (Å²) in [5.74, 6) is -2.61. The number of halogens is 2. The molecule has 10 heteroatoms. The topological polar surface area (TPSA) is 87.7 Å². The molecular weight excluding hydrogens is 416 g/mol. The van der Waals surface area contributed by atoms with Gasteiger partial charge in [0.2, 0.25) is 15.9 Å². The van der Waals surface area contributed by atoms with E-state index in [1.165, 1.54) is 6.42 Å². The molecule has 1 heterocycles. The summed E-state index contributed by atoms with van der Waals surface area (Å²) >= 11 is 0. The Bertz CT molecular complexity index is 838. The standard InChI is InChI=1S/C20H29F2N3O4S/c21-17-5-4-16(14-18(17)22)30(27,28)24-9-6-19(26)23-15-20(7-2-1-3-8-20)25-10-12-29-13-11-25/h4-5,14,24H,1-3,6-13,15H2,(H,23,26). The zero-order valence-corrected chi connectivity index (χ0v) is 17.8. The molecule has 1 amide bonds. The highest BCUT2D eigenvalue weighted by Gasteiger charge is 2.38. The van der Waals surface area contributed by atoms with Crippen LogP contribution in [0.1, 0.15) is 38.5 Å². The number of hydrogen-bond donors (Lipinski definition) is 2. The number of carbonyl (C=O) groups is 1. The van der Waals surface area contributed by atoms with Crippen LogP contribution in [-0.4, -0.2) is 64.2 Å².